The molecular formula is C23H27N3O2. The minimum Gasteiger partial charge on any atom is -0.484 e. The van der Waals surface area contributed by atoms with E-state index in [1.54, 1.807) is 6.20 Å². The van der Waals surface area contributed by atoms with Crippen LogP contribution in [0.15, 0.2) is 48.8 Å². The summed E-state index contributed by atoms with van der Waals surface area (Å²) in [6.45, 7) is 5.94. The van der Waals surface area contributed by atoms with Gasteiger partial charge in [0.2, 0.25) is 0 Å². The lowest BCUT2D eigenvalue weighted by atomic mass is 9.89. The van der Waals surface area contributed by atoms with Crippen molar-refractivity contribution in [3.05, 3.63) is 59.9 Å². The van der Waals surface area contributed by atoms with Crippen LogP contribution in [0.25, 0.3) is 11.0 Å². The Labute approximate surface area is 165 Å². The summed E-state index contributed by atoms with van der Waals surface area (Å²) in [5, 5.41) is 1.20. The first-order valence-corrected chi connectivity index (χ1v) is 10.0. The molecule has 0 saturated carbocycles. The second-order valence-electron chi connectivity index (χ2n) is 7.81. The molecule has 0 atom stereocenters. The molecule has 5 nitrogen and oxygen atoms in total. The maximum Gasteiger partial charge on any atom is 0.260 e. The topological polar surface area (TPSA) is 58.2 Å². The average Bonchev–Trinajstić information content (AvgIpc) is 3.16. The van der Waals surface area contributed by atoms with Gasteiger partial charge in [0, 0.05) is 30.9 Å². The predicted octanol–water partition coefficient (Wildman–Crippen LogP) is 4.47. The molecule has 0 spiro atoms. The van der Waals surface area contributed by atoms with Gasteiger partial charge in [-0.25, -0.2) is 4.98 Å². The summed E-state index contributed by atoms with van der Waals surface area (Å²) >= 11 is 0. The quantitative estimate of drug-likeness (QED) is 0.714. The highest BCUT2D eigenvalue weighted by molar-refractivity contribution is 5.80. The molecule has 3 aromatic rings. The molecule has 4 rings (SSSR count). The fourth-order valence-corrected chi connectivity index (χ4v) is 3.95. The maximum atomic E-state index is 12.6. The number of likely N-dealkylation sites (tertiary alicyclic amines) is 1. The molecule has 28 heavy (non-hydrogen) atoms. The summed E-state index contributed by atoms with van der Waals surface area (Å²) in [5.41, 5.74) is 3.48. The molecule has 1 aliphatic heterocycles. The average molecular weight is 377 g/mol. The van der Waals surface area contributed by atoms with E-state index in [-0.39, 0.29) is 12.5 Å². The fourth-order valence-electron chi connectivity index (χ4n) is 3.95. The van der Waals surface area contributed by atoms with Crippen molar-refractivity contribution in [2.75, 3.05) is 19.7 Å². The van der Waals surface area contributed by atoms with Crippen LogP contribution < -0.4 is 4.74 Å². The Morgan fingerprint density at radius 2 is 2.07 bits per heavy atom. The van der Waals surface area contributed by atoms with Crippen molar-refractivity contribution >= 4 is 16.9 Å². The van der Waals surface area contributed by atoms with Gasteiger partial charge < -0.3 is 14.6 Å². The van der Waals surface area contributed by atoms with Gasteiger partial charge in [-0.3, -0.25) is 4.79 Å². The fraction of sp³-hybridized carbons (Fsp3) is 0.391. The molecule has 1 N–H and O–H groups in total. The number of aromatic nitrogens is 2. The highest BCUT2D eigenvalue weighted by Crippen LogP contribution is 2.32. The number of carbonyl (C=O) groups excluding carboxylic acids is 1. The number of hydrogen-bond donors (Lipinski definition) is 1. The lowest BCUT2D eigenvalue weighted by Gasteiger charge is -2.32. The van der Waals surface area contributed by atoms with Crippen LogP contribution >= 0.6 is 0 Å². The van der Waals surface area contributed by atoms with Gasteiger partial charge in [0.05, 0.1) is 0 Å². The van der Waals surface area contributed by atoms with Gasteiger partial charge in [-0.2, -0.15) is 0 Å². The van der Waals surface area contributed by atoms with Crippen LogP contribution in [0.3, 0.4) is 0 Å². The highest BCUT2D eigenvalue weighted by Gasteiger charge is 2.25. The number of nitrogens with zero attached hydrogens (tertiary/aromatic N) is 2. The SMILES string of the molecule is CC(C)c1cccc(OCC(=O)N2CCC(c3c[nH]c4ncccc34)CC2)c1. The van der Waals surface area contributed by atoms with Gasteiger partial charge in [-0.15, -0.1) is 0 Å². The van der Waals surface area contributed by atoms with Crippen LogP contribution in [0.5, 0.6) is 5.75 Å². The zero-order valence-corrected chi connectivity index (χ0v) is 16.5. The Balaban J connectivity index is 1.32. The zero-order valence-electron chi connectivity index (χ0n) is 16.5. The number of pyridine rings is 1. The molecule has 1 aromatic carbocycles. The minimum absolute atomic E-state index is 0.0639. The number of nitrogens with one attached hydrogen (secondary N) is 1. The van der Waals surface area contributed by atoms with Crippen molar-refractivity contribution < 1.29 is 9.53 Å². The summed E-state index contributed by atoms with van der Waals surface area (Å²) in [6.07, 6.45) is 5.82. The smallest absolute Gasteiger partial charge is 0.260 e. The van der Waals surface area contributed by atoms with Crippen molar-refractivity contribution in [3.63, 3.8) is 0 Å². The first-order valence-electron chi connectivity index (χ1n) is 10.0. The lowest BCUT2D eigenvalue weighted by Crippen LogP contribution is -2.40. The number of benzene rings is 1. The van der Waals surface area contributed by atoms with Crippen LogP contribution in [0.1, 0.15) is 49.7 Å². The summed E-state index contributed by atoms with van der Waals surface area (Å²) in [6, 6.07) is 12.1. The molecule has 0 unspecified atom stereocenters. The van der Waals surface area contributed by atoms with Gasteiger partial charge >= 0.3 is 0 Å². The van der Waals surface area contributed by atoms with E-state index in [1.807, 2.05) is 29.2 Å². The van der Waals surface area contributed by atoms with Crippen molar-refractivity contribution in [3.8, 4) is 5.75 Å². The number of piperidine rings is 1. The molecular weight excluding hydrogens is 350 g/mol. The summed E-state index contributed by atoms with van der Waals surface area (Å²) < 4.78 is 5.76. The molecule has 146 valence electrons. The van der Waals surface area contributed by atoms with E-state index in [9.17, 15) is 4.79 Å². The maximum absolute atomic E-state index is 12.6. The monoisotopic (exact) mass is 377 g/mol. The number of rotatable bonds is 5. The Bertz CT molecular complexity index is 955. The van der Waals surface area contributed by atoms with Gasteiger partial charge in [0.1, 0.15) is 11.4 Å². The summed E-state index contributed by atoms with van der Waals surface area (Å²) in [7, 11) is 0. The van der Waals surface area contributed by atoms with Crippen LogP contribution in [0, 0.1) is 0 Å². The predicted molar refractivity (Wildman–Crippen MR) is 111 cm³/mol. The Morgan fingerprint density at radius 3 is 2.86 bits per heavy atom. The largest absolute Gasteiger partial charge is 0.484 e. The van der Waals surface area contributed by atoms with Crippen LogP contribution in [0.2, 0.25) is 0 Å². The zero-order chi connectivity index (χ0) is 19.5. The first kappa shape index (κ1) is 18.5. The molecule has 0 bridgehead atoms. The summed E-state index contributed by atoms with van der Waals surface area (Å²) in [4.78, 5) is 22.1. The number of hydrogen-bond acceptors (Lipinski definition) is 3. The van der Waals surface area contributed by atoms with E-state index in [1.165, 1.54) is 16.5 Å². The second kappa shape index (κ2) is 8.05. The third-order valence-corrected chi connectivity index (χ3v) is 5.66. The van der Waals surface area contributed by atoms with E-state index < -0.39 is 0 Å². The number of amides is 1. The van der Waals surface area contributed by atoms with Crippen molar-refractivity contribution in [2.45, 2.75) is 38.5 Å². The Morgan fingerprint density at radius 1 is 1.25 bits per heavy atom. The normalized spacial score (nSPS) is 15.3. The Hall–Kier alpha value is -2.82. The van der Waals surface area contributed by atoms with E-state index in [2.05, 4.69) is 42.1 Å². The molecule has 1 aliphatic rings. The van der Waals surface area contributed by atoms with Gasteiger partial charge in [0.25, 0.3) is 5.91 Å². The van der Waals surface area contributed by atoms with Crippen LogP contribution in [-0.4, -0.2) is 40.5 Å². The minimum atomic E-state index is 0.0639. The first-order chi connectivity index (χ1) is 13.6. The molecule has 1 fully saturated rings. The second-order valence-corrected chi connectivity index (χ2v) is 7.81. The molecule has 0 aliphatic carbocycles. The molecule has 1 saturated heterocycles. The van der Waals surface area contributed by atoms with E-state index >= 15 is 0 Å². The summed E-state index contributed by atoms with van der Waals surface area (Å²) in [5.74, 6) is 1.73. The standard InChI is InChI=1S/C23H27N3O2/c1-16(2)18-5-3-6-19(13-18)28-15-22(27)26-11-8-17(9-12-26)21-14-25-23-20(21)7-4-10-24-23/h3-7,10,13-14,16-17H,8-9,11-12,15H2,1-2H3,(H,24,25). The number of ether oxygens (including phenoxy) is 1. The van der Waals surface area contributed by atoms with E-state index in [0.717, 1.165) is 37.3 Å². The van der Waals surface area contributed by atoms with E-state index in [0.29, 0.717) is 11.8 Å². The molecule has 1 amide bonds. The molecule has 0 radical (unpaired) electrons. The number of fused-ring (bicyclic) bond motifs is 1. The molecule has 5 heteroatoms. The lowest BCUT2D eigenvalue weighted by molar-refractivity contribution is -0.134. The van der Waals surface area contributed by atoms with Crippen molar-refractivity contribution in [1.82, 2.24) is 14.9 Å². The van der Waals surface area contributed by atoms with E-state index in [4.69, 9.17) is 4.74 Å². The van der Waals surface area contributed by atoms with Crippen LogP contribution in [0.4, 0.5) is 0 Å². The molecule has 3 heterocycles. The molecule has 2 aromatic heterocycles. The number of H-pyrrole nitrogens is 1. The van der Waals surface area contributed by atoms with Gasteiger partial charge in [0.15, 0.2) is 6.61 Å². The van der Waals surface area contributed by atoms with Gasteiger partial charge in [-0.05, 0) is 60.1 Å². The number of aromatic amines is 1. The van der Waals surface area contributed by atoms with Crippen molar-refractivity contribution in [1.29, 1.82) is 0 Å². The Kier molecular flexibility index (Phi) is 5.33. The number of carbonyl (C=O) groups is 1. The third kappa shape index (κ3) is 3.88. The third-order valence-electron chi connectivity index (χ3n) is 5.66. The van der Waals surface area contributed by atoms with Crippen LogP contribution in [-0.2, 0) is 4.79 Å². The van der Waals surface area contributed by atoms with Gasteiger partial charge in [-0.1, -0.05) is 26.0 Å². The van der Waals surface area contributed by atoms with Crippen molar-refractivity contribution in [2.24, 2.45) is 0 Å². The highest BCUT2D eigenvalue weighted by atomic mass is 16.5.